The third kappa shape index (κ3) is 4.56. The SMILES string of the molecule is Cc1ccc(-n2cnnc2SC(C)C(=O)Nc2ccc(Br)cc2F)c(C)c1. The van der Waals surface area contributed by atoms with E-state index in [2.05, 4.69) is 37.5 Å². The van der Waals surface area contributed by atoms with Crippen LogP contribution in [0.1, 0.15) is 18.1 Å². The van der Waals surface area contributed by atoms with E-state index in [1.54, 1.807) is 19.3 Å². The fourth-order valence-corrected chi connectivity index (χ4v) is 3.75. The molecular formula is C19H18BrFN4OS. The Labute approximate surface area is 169 Å². The van der Waals surface area contributed by atoms with Crippen molar-refractivity contribution in [2.75, 3.05) is 5.32 Å². The number of carbonyl (C=O) groups excluding carboxylic acids is 1. The molecule has 140 valence electrons. The monoisotopic (exact) mass is 448 g/mol. The van der Waals surface area contributed by atoms with Crippen LogP contribution in [0.25, 0.3) is 5.69 Å². The van der Waals surface area contributed by atoms with Gasteiger partial charge in [-0.15, -0.1) is 10.2 Å². The summed E-state index contributed by atoms with van der Waals surface area (Å²) in [5.41, 5.74) is 3.36. The average molecular weight is 449 g/mol. The van der Waals surface area contributed by atoms with Crippen LogP contribution < -0.4 is 5.32 Å². The van der Waals surface area contributed by atoms with E-state index in [4.69, 9.17) is 0 Å². The average Bonchev–Trinajstić information content (AvgIpc) is 3.05. The molecule has 0 radical (unpaired) electrons. The summed E-state index contributed by atoms with van der Waals surface area (Å²) in [4.78, 5) is 12.5. The molecule has 1 heterocycles. The van der Waals surface area contributed by atoms with E-state index >= 15 is 0 Å². The quantitative estimate of drug-likeness (QED) is 0.563. The van der Waals surface area contributed by atoms with Gasteiger partial charge < -0.3 is 5.32 Å². The highest BCUT2D eigenvalue weighted by Crippen LogP contribution is 2.27. The van der Waals surface area contributed by atoms with Gasteiger partial charge in [0.05, 0.1) is 16.6 Å². The Morgan fingerprint density at radius 3 is 2.74 bits per heavy atom. The standard InChI is InChI=1S/C19H18BrFN4OS/c1-11-4-7-17(12(2)8-11)25-10-22-24-19(25)27-13(3)18(26)23-16-6-5-14(20)9-15(16)21/h4-10,13H,1-3H3,(H,23,26). The molecule has 0 saturated heterocycles. The van der Waals surface area contributed by atoms with Gasteiger partial charge in [0.25, 0.3) is 0 Å². The van der Waals surface area contributed by atoms with Gasteiger partial charge in [0.15, 0.2) is 5.16 Å². The zero-order valence-corrected chi connectivity index (χ0v) is 17.4. The molecule has 2 aromatic carbocycles. The number of carbonyl (C=O) groups is 1. The number of rotatable bonds is 5. The lowest BCUT2D eigenvalue weighted by Crippen LogP contribution is -2.23. The van der Waals surface area contributed by atoms with Gasteiger partial charge in [-0.05, 0) is 50.6 Å². The second-order valence-corrected chi connectivity index (χ2v) is 8.37. The molecule has 8 heteroatoms. The molecule has 1 unspecified atom stereocenters. The maximum Gasteiger partial charge on any atom is 0.237 e. The van der Waals surface area contributed by atoms with Gasteiger partial charge >= 0.3 is 0 Å². The molecule has 5 nitrogen and oxygen atoms in total. The fraction of sp³-hybridized carbons (Fsp3) is 0.211. The van der Waals surface area contributed by atoms with E-state index in [9.17, 15) is 9.18 Å². The molecule has 1 amide bonds. The van der Waals surface area contributed by atoms with E-state index in [-0.39, 0.29) is 11.6 Å². The van der Waals surface area contributed by atoms with Gasteiger partial charge in [-0.1, -0.05) is 45.4 Å². The van der Waals surface area contributed by atoms with Crippen molar-refractivity contribution in [1.29, 1.82) is 0 Å². The molecular weight excluding hydrogens is 431 g/mol. The summed E-state index contributed by atoms with van der Waals surface area (Å²) in [6.07, 6.45) is 1.62. The molecule has 0 bridgehead atoms. The summed E-state index contributed by atoms with van der Waals surface area (Å²) in [5.74, 6) is -0.801. The molecule has 0 fully saturated rings. The molecule has 3 rings (SSSR count). The van der Waals surface area contributed by atoms with Gasteiger partial charge in [-0.25, -0.2) is 4.39 Å². The largest absolute Gasteiger partial charge is 0.323 e. The number of nitrogens with zero attached hydrogens (tertiary/aromatic N) is 3. The van der Waals surface area contributed by atoms with Crippen LogP contribution in [-0.2, 0) is 4.79 Å². The summed E-state index contributed by atoms with van der Waals surface area (Å²) in [6.45, 7) is 5.80. The minimum absolute atomic E-state index is 0.145. The highest BCUT2D eigenvalue weighted by Gasteiger charge is 2.20. The fourth-order valence-electron chi connectivity index (χ4n) is 2.58. The second-order valence-electron chi connectivity index (χ2n) is 6.15. The highest BCUT2D eigenvalue weighted by molar-refractivity contribution is 9.10. The van der Waals surface area contributed by atoms with Crippen LogP contribution in [-0.4, -0.2) is 25.9 Å². The maximum absolute atomic E-state index is 13.9. The number of benzene rings is 2. The van der Waals surface area contributed by atoms with Crippen molar-refractivity contribution < 1.29 is 9.18 Å². The van der Waals surface area contributed by atoms with Crippen LogP contribution in [0.3, 0.4) is 0 Å². The van der Waals surface area contributed by atoms with Gasteiger partial charge in [-0.3, -0.25) is 9.36 Å². The molecule has 1 N–H and O–H groups in total. The van der Waals surface area contributed by atoms with Gasteiger partial charge in [-0.2, -0.15) is 0 Å². The zero-order chi connectivity index (χ0) is 19.6. The Morgan fingerprint density at radius 1 is 1.26 bits per heavy atom. The van der Waals surface area contributed by atoms with Crippen molar-refractivity contribution >= 4 is 39.3 Å². The van der Waals surface area contributed by atoms with Crippen LogP contribution in [0.15, 0.2) is 52.4 Å². The first kappa shape index (κ1) is 19.6. The van der Waals surface area contributed by atoms with Crippen molar-refractivity contribution in [2.24, 2.45) is 0 Å². The molecule has 1 aromatic heterocycles. The number of aryl methyl sites for hydroxylation is 2. The first-order valence-corrected chi connectivity index (χ1v) is 9.92. The Hall–Kier alpha value is -2.19. The predicted molar refractivity (Wildman–Crippen MR) is 109 cm³/mol. The lowest BCUT2D eigenvalue weighted by Gasteiger charge is -2.14. The molecule has 3 aromatic rings. The van der Waals surface area contributed by atoms with E-state index < -0.39 is 11.1 Å². The number of hydrogen-bond donors (Lipinski definition) is 1. The number of thioether (sulfide) groups is 1. The highest BCUT2D eigenvalue weighted by atomic mass is 79.9. The van der Waals surface area contributed by atoms with Crippen molar-refractivity contribution in [3.63, 3.8) is 0 Å². The zero-order valence-electron chi connectivity index (χ0n) is 15.0. The maximum atomic E-state index is 13.9. The van der Waals surface area contributed by atoms with E-state index in [0.29, 0.717) is 9.63 Å². The van der Waals surface area contributed by atoms with Crippen LogP contribution in [0.5, 0.6) is 0 Å². The van der Waals surface area contributed by atoms with Crippen molar-refractivity contribution in [3.05, 3.63) is 64.1 Å². The second kappa shape index (κ2) is 8.22. The molecule has 0 aliphatic rings. The van der Waals surface area contributed by atoms with Crippen LogP contribution in [0.4, 0.5) is 10.1 Å². The van der Waals surface area contributed by atoms with Crippen molar-refractivity contribution in [3.8, 4) is 5.69 Å². The third-order valence-electron chi connectivity index (χ3n) is 3.97. The number of hydrogen-bond acceptors (Lipinski definition) is 4. The predicted octanol–water partition coefficient (Wildman–Crippen LogP) is 4.91. The van der Waals surface area contributed by atoms with Gasteiger partial charge in [0.2, 0.25) is 5.91 Å². The van der Waals surface area contributed by atoms with Gasteiger partial charge in [0.1, 0.15) is 12.1 Å². The van der Waals surface area contributed by atoms with Crippen molar-refractivity contribution in [2.45, 2.75) is 31.2 Å². The van der Waals surface area contributed by atoms with Gasteiger partial charge in [0, 0.05) is 4.47 Å². The summed E-state index contributed by atoms with van der Waals surface area (Å²) >= 11 is 4.46. The first-order valence-electron chi connectivity index (χ1n) is 8.25. The van der Waals surface area contributed by atoms with Crippen LogP contribution >= 0.6 is 27.7 Å². The Kier molecular flexibility index (Phi) is 5.96. The number of nitrogens with one attached hydrogen (secondary N) is 1. The summed E-state index contributed by atoms with van der Waals surface area (Å²) in [5, 5.41) is 10.8. The normalized spacial score (nSPS) is 12.0. The number of halogens is 2. The van der Waals surface area contributed by atoms with E-state index in [1.165, 1.54) is 29.5 Å². The van der Waals surface area contributed by atoms with Crippen molar-refractivity contribution in [1.82, 2.24) is 14.8 Å². The summed E-state index contributed by atoms with van der Waals surface area (Å²) in [7, 11) is 0. The minimum Gasteiger partial charge on any atom is -0.323 e. The molecule has 0 saturated carbocycles. The smallest absolute Gasteiger partial charge is 0.237 e. The molecule has 0 aliphatic carbocycles. The van der Waals surface area contributed by atoms with Crippen LogP contribution in [0.2, 0.25) is 0 Å². The molecule has 0 spiro atoms. The Morgan fingerprint density at radius 2 is 2.04 bits per heavy atom. The van der Waals surface area contributed by atoms with E-state index in [1.807, 2.05) is 30.5 Å². The summed E-state index contributed by atoms with van der Waals surface area (Å²) < 4.78 is 16.4. The lowest BCUT2D eigenvalue weighted by molar-refractivity contribution is -0.115. The van der Waals surface area contributed by atoms with Crippen LogP contribution in [0, 0.1) is 19.7 Å². The molecule has 27 heavy (non-hydrogen) atoms. The Bertz CT molecular complexity index is 992. The number of amides is 1. The minimum atomic E-state index is -0.492. The number of aromatic nitrogens is 3. The first-order chi connectivity index (χ1) is 12.8. The third-order valence-corrected chi connectivity index (χ3v) is 5.52. The molecule has 1 atom stereocenters. The number of anilines is 1. The summed E-state index contributed by atoms with van der Waals surface area (Å²) in [6, 6.07) is 10.6. The topological polar surface area (TPSA) is 59.8 Å². The molecule has 0 aliphatic heterocycles. The lowest BCUT2D eigenvalue weighted by atomic mass is 10.1. The Balaban J connectivity index is 1.76. The van der Waals surface area contributed by atoms with E-state index in [0.717, 1.165) is 11.3 Å².